The van der Waals surface area contributed by atoms with E-state index >= 15 is 0 Å². The van der Waals surface area contributed by atoms with Gasteiger partial charge in [-0.3, -0.25) is 9.78 Å². The van der Waals surface area contributed by atoms with Crippen LogP contribution in [-0.4, -0.2) is 32.6 Å². The van der Waals surface area contributed by atoms with Crippen molar-refractivity contribution in [2.24, 2.45) is 0 Å². The van der Waals surface area contributed by atoms with E-state index in [-0.39, 0.29) is 16.4 Å². The van der Waals surface area contributed by atoms with Crippen LogP contribution in [0.3, 0.4) is 0 Å². The predicted molar refractivity (Wildman–Crippen MR) is 107 cm³/mol. The third-order valence-electron chi connectivity index (χ3n) is 4.09. The molecule has 0 aliphatic carbocycles. The lowest BCUT2D eigenvalue weighted by Crippen LogP contribution is -2.26. The van der Waals surface area contributed by atoms with Gasteiger partial charge in [0.2, 0.25) is 0 Å². The van der Waals surface area contributed by atoms with Gasteiger partial charge in [0.25, 0.3) is 5.91 Å². The first-order valence-corrected chi connectivity index (χ1v) is 10.3. The van der Waals surface area contributed by atoms with Crippen LogP contribution in [0.5, 0.6) is 0 Å². The van der Waals surface area contributed by atoms with Crippen molar-refractivity contribution < 1.29 is 13.2 Å². The van der Waals surface area contributed by atoms with Gasteiger partial charge in [0, 0.05) is 36.3 Å². The molecular formula is C20H17ClN2O3S. The lowest BCUT2D eigenvalue weighted by molar-refractivity contribution is 0.0993. The van der Waals surface area contributed by atoms with Crippen molar-refractivity contribution in [1.29, 1.82) is 0 Å². The van der Waals surface area contributed by atoms with Crippen LogP contribution < -0.4 is 4.90 Å². The van der Waals surface area contributed by atoms with Gasteiger partial charge in [0.15, 0.2) is 9.84 Å². The Kier molecular flexibility index (Phi) is 5.30. The number of rotatable bonds is 4. The quantitative estimate of drug-likeness (QED) is 0.661. The highest BCUT2D eigenvalue weighted by molar-refractivity contribution is 7.90. The molecule has 0 N–H and O–H groups in total. The second-order valence-corrected chi connectivity index (χ2v) is 8.47. The Bertz CT molecular complexity index is 1100. The fourth-order valence-corrected chi connectivity index (χ4v) is 3.49. The van der Waals surface area contributed by atoms with E-state index in [1.165, 1.54) is 17.0 Å². The van der Waals surface area contributed by atoms with Crippen LogP contribution in [-0.2, 0) is 9.84 Å². The van der Waals surface area contributed by atoms with Crippen molar-refractivity contribution in [2.75, 3.05) is 18.2 Å². The van der Waals surface area contributed by atoms with Gasteiger partial charge >= 0.3 is 0 Å². The number of halogens is 1. The van der Waals surface area contributed by atoms with E-state index in [0.29, 0.717) is 22.0 Å². The first kappa shape index (κ1) is 19.1. The standard InChI is InChI=1S/C20H17ClN2O3S/c1-23(20(24)14-6-5-7-16(12-14)27(2,25)26)15-9-10-18(21)17(13-15)19-8-3-4-11-22-19/h3-13H,1-2H3. The van der Waals surface area contributed by atoms with Crippen LogP contribution in [0.1, 0.15) is 10.4 Å². The summed E-state index contributed by atoms with van der Waals surface area (Å²) >= 11 is 6.29. The van der Waals surface area contributed by atoms with Crippen LogP contribution in [0.15, 0.2) is 71.8 Å². The van der Waals surface area contributed by atoms with Crippen LogP contribution >= 0.6 is 11.6 Å². The van der Waals surface area contributed by atoms with Gasteiger partial charge < -0.3 is 4.90 Å². The molecule has 1 aromatic heterocycles. The summed E-state index contributed by atoms with van der Waals surface area (Å²) in [7, 11) is -1.77. The largest absolute Gasteiger partial charge is 0.311 e. The number of aromatic nitrogens is 1. The molecule has 0 bridgehead atoms. The summed E-state index contributed by atoms with van der Waals surface area (Å²) in [4.78, 5) is 18.7. The summed E-state index contributed by atoms with van der Waals surface area (Å²) in [6.45, 7) is 0. The van der Waals surface area contributed by atoms with Crippen molar-refractivity contribution in [3.05, 3.63) is 77.4 Å². The topological polar surface area (TPSA) is 67.3 Å². The summed E-state index contributed by atoms with van der Waals surface area (Å²) in [6, 6.07) is 16.7. The summed E-state index contributed by atoms with van der Waals surface area (Å²) in [6.07, 6.45) is 2.78. The zero-order chi connectivity index (χ0) is 19.6. The molecule has 138 valence electrons. The van der Waals surface area contributed by atoms with Crippen LogP contribution in [0.25, 0.3) is 11.3 Å². The lowest BCUT2D eigenvalue weighted by atomic mass is 10.1. The van der Waals surface area contributed by atoms with E-state index < -0.39 is 9.84 Å². The fraction of sp³-hybridized carbons (Fsp3) is 0.100. The van der Waals surface area contributed by atoms with E-state index in [1.807, 2.05) is 18.2 Å². The van der Waals surface area contributed by atoms with E-state index in [0.717, 1.165) is 6.26 Å². The molecule has 0 saturated heterocycles. The molecule has 0 atom stereocenters. The number of pyridine rings is 1. The second-order valence-electron chi connectivity index (χ2n) is 6.04. The van der Waals surface area contributed by atoms with Gasteiger partial charge in [0.05, 0.1) is 15.6 Å². The zero-order valence-electron chi connectivity index (χ0n) is 14.8. The monoisotopic (exact) mass is 400 g/mol. The SMILES string of the molecule is CN(C(=O)c1cccc(S(C)(=O)=O)c1)c1ccc(Cl)c(-c2ccccn2)c1. The molecule has 0 spiro atoms. The van der Waals surface area contributed by atoms with E-state index in [9.17, 15) is 13.2 Å². The molecular weight excluding hydrogens is 384 g/mol. The molecule has 0 fully saturated rings. The molecule has 0 aliphatic heterocycles. The summed E-state index contributed by atoms with van der Waals surface area (Å²) in [5.41, 5.74) is 2.31. The highest BCUT2D eigenvalue weighted by Crippen LogP contribution is 2.31. The van der Waals surface area contributed by atoms with E-state index in [2.05, 4.69) is 4.98 Å². The number of hydrogen-bond acceptors (Lipinski definition) is 4. The molecule has 3 aromatic rings. The highest BCUT2D eigenvalue weighted by atomic mass is 35.5. The van der Waals surface area contributed by atoms with Gasteiger partial charge in [-0.15, -0.1) is 0 Å². The number of carbonyl (C=O) groups is 1. The minimum Gasteiger partial charge on any atom is -0.311 e. The average Bonchev–Trinajstić information content (AvgIpc) is 2.67. The summed E-state index contributed by atoms with van der Waals surface area (Å²) < 4.78 is 23.5. The van der Waals surface area contributed by atoms with Gasteiger partial charge in [0.1, 0.15) is 0 Å². The molecule has 0 saturated carbocycles. The van der Waals surface area contributed by atoms with Gasteiger partial charge in [-0.25, -0.2) is 8.42 Å². The smallest absolute Gasteiger partial charge is 0.258 e. The third kappa shape index (κ3) is 4.18. The van der Waals surface area contributed by atoms with Crippen molar-refractivity contribution in [1.82, 2.24) is 4.98 Å². The number of nitrogens with zero attached hydrogens (tertiary/aromatic N) is 2. The number of anilines is 1. The van der Waals surface area contributed by atoms with E-state index in [4.69, 9.17) is 11.6 Å². The Morgan fingerprint density at radius 2 is 1.81 bits per heavy atom. The third-order valence-corrected chi connectivity index (χ3v) is 5.53. The maximum Gasteiger partial charge on any atom is 0.258 e. The Hall–Kier alpha value is -2.70. The molecule has 2 aromatic carbocycles. The number of carbonyl (C=O) groups excluding carboxylic acids is 1. The molecule has 1 amide bonds. The Morgan fingerprint density at radius 3 is 2.48 bits per heavy atom. The maximum atomic E-state index is 12.8. The molecule has 7 heteroatoms. The normalized spacial score (nSPS) is 11.2. The minimum atomic E-state index is -3.39. The average molecular weight is 401 g/mol. The van der Waals surface area contributed by atoms with Gasteiger partial charge in [-0.05, 0) is 48.5 Å². The number of amides is 1. The Balaban J connectivity index is 1.97. The molecule has 0 radical (unpaired) electrons. The van der Waals surface area contributed by atoms with Crippen LogP contribution in [0, 0.1) is 0 Å². The molecule has 1 heterocycles. The first-order chi connectivity index (χ1) is 12.8. The Morgan fingerprint density at radius 1 is 1.04 bits per heavy atom. The number of hydrogen-bond donors (Lipinski definition) is 0. The predicted octanol–water partition coefficient (Wildman–Crippen LogP) is 4.08. The number of benzene rings is 2. The van der Waals surface area contributed by atoms with Crippen molar-refractivity contribution in [3.8, 4) is 11.3 Å². The minimum absolute atomic E-state index is 0.104. The second kappa shape index (κ2) is 7.50. The summed E-state index contributed by atoms with van der Waals surface area (Å²) in [5, 5.41) is 0.525. The van der Waals surface area contributed by atoms with Gasteiger partial charge in [-0.1, -0.05) is 23.7 Å². The fourth-order valence-electron chi connectivity index (χ4n) is 2.61. The molecule has 0 unspecified atom stereocenters. The van der Waals surface area contributed by atoms with Crippen LogP contribution in [0.4, 0.5) is 5.69 Å². The molecule has 5 nitrogen and oxygen atoms in total. The van der Waals surface area contributed by atoms with E-state index in [1.54, 1.807) is 43.6 Å². The van der Waals surface area contributed by atoms with Gasteiger partial charge in [-0.2, -0.15) is 0 Å². The highest BCUT2D eigenvalue weighted by Gasteiger charge is 2.17. The summed E-state index contributed by atoms with van der Waals surface area (Å²) in [5.74, 6) is -0.324. The van der Waals surface area contributed by atoms with Crippen LogP contribution in [0.2, 0.25) is 5.02 Å². The zero-order valence-corrected chi connectivity index (χ0v) is 16.3. The molecule has 0 aliphatic rings. The lowest BCUT2D eigenvalue weighted by Gasteiger charge is -2.19. The molecule has 3 rings (SSSR count). The maximum absolute atomic E-state index is 12.8. The number of sulfone groups is 1. The van der Waals surface area contributed by atoms with Crippen molar-refractivity contribution >= 4 is 33.0 Å². The first-order valence-electron chi connectivity index (χ1n) is 8.06. The van der Waals surface area contributed by atoms with Crippen molar-refractivity contribution in [2.45, 2.75) is 4.90 Å². The Labute approximate surface area is 163 Å². The molecule has 27 heavy (non-hydrogen) atoms. The van der Waals surface area contributed by atoms with Crippen molar-refractivity contribution in [3.63, 3.8) is 0 Å².